The Kier molecular flexibility index (Phi) is 3.51. The van der Waals surface area contributed by atoms with Crippen LogP contribution in [-0.4, -0.2) is 21.1 Å². The highest BCUT2D eigenvalue weighted by atomic mass is 19.1. The summed E-state index contributed by atoms with van der Waals surface area (Å²) in [6, 6.07) is 2.75. The monoisotopic (exact) mass is 229 g/mol. The minimum atomic E-state index is -1.39. The Labute approximate surface area is 89.1 Å². The van der Waals surface area contributed by atoms with Crippen molar-refractivity contribution < 1.29 is 24.3 Å². The number of nitro benzene ring substituents is 1. The van der Waals surface area contributed by atoms with Gasteiger partial charge >= 0.3 is 11.7 Å². The number of hydrogen-bond donors (Lipinski definition) is 2. The number of nitrogens with zero attached hydrogens (tertiary/aromatic N) is 1. The summed E-state index contributed by atoms with van der Waals surface area (Å²) in [7, 11) is 0. The van der Waals surface area contributed by atoms with Gasteiger partial charge in [-0.25, -0.2) is 0 Å². The van der Waals surface area contributed by atoms with Gasteiger partial charge in [0, 0.05) is 6.07 Å². The van der Waals surface area contributed by atoms with Crippen LogP contribution in [0.1, 0.15) is 18.1 Å². The lowest BCUT2D eigenvalue weighted by Gasteiger charge is -2.07. The van der Waals surface area contributed by atoms with Crippen molar-refractivity contribution in [3.63, 3.8) is 0 Å². The predicted molar refractivity (Wildman–Crippen MR) is 50.3 cm³/mol. The molecule has 6 nitrogen and oxygen atoms in total. The Morgan fingerprint density at radius 2 is 2.19 bits per heavy atom. The molecule has 0 saturated heterocycles. The van der Waals surface area contributed by atoms with Gasteiger partial charge in [-0.05, 0) is 11.6 Å². The molecular weight excluding hydrogens is 221 g/mol. The lowest BCUT2D eigenvalue weighted by molar-refractivity contribution is -0.387. The van der Waals surface area contributed by atoms with E-state index in [4.69, 9.17) is 5.11 Å². The molecule has 1 atom stereocenters. The molecule has 0 amide bonds. The van der Waals surface area contributed by atoms with Crippen LogP contribution in [0.15, 0.2) is 18.2 Å². The molecule has 16 heavy (non-hydrogen) atoms. The molecule has 0 aromatic heterocycles. The van der Waals surface area contributed by atoms with E-state index in [0.29, 0.717) is 0 Å². The Bertz CT molecular complexity index is 434. The Balaban J connectivity index is 3.02. The van der Waals surface area contributed by atoms with Gasteiger partial charge < -0.3 is 10.2 Å². The average molecular weight is 229 g/mol. The van der Waals surface area contributed by atoms with Crippen molar-refractivity contribution in [2.24, 2.45) is 0 Å². The number of rotatable bonds is 4. The van der Waals surface area contributed by atoms with E-state index in [1.165, 1.54) is 0 Å². The van der Waals surface area contributed by atoms with Crippen molar-refractivity contribution in [3.05, 3.63) is 39.7 Å². The van der Waals surface area contributed by atoms with Crippen molar-refractivity contribution in [1.29, 1.82) is 0 Å². The summed E-state index contributed by atoms with van der Waals surface area (Å²) in [4.78, 5) is 19.7. The van der Waals surface area contributed by atoms with Crippen LogP contribution < -0.4 is 0 Å². The number of halogens is 1. The molecule has 0 aliphatic heterocycles. The van der Waals surface area contributed by atoms with E-state index < -0.39 is 34.9 Å². The van der Waals surface area contributed by atoms with Gasteiger partial charge in [-0.15, -0.1) is 0 Å². The molecule has 2 N–H and O–H groups in total. The standard InChI is InChI=1S/C9H8FNO5/c10-6-2-1-5(3-7(6)11(15)16)8(12)4-9(13)14/h1-3,8,12H,4H2,(H,13,14)/t8-/m0/s1. The van der Waals surface area contributed by atoms with Gasteiger partial charge in [0.2, 0.25) is 5.82 Å². The van der Waals surface area contributed by atoms with Gasteiger partial charge in [-0.1, -0.05) is 6.07 Å². The second-order valence-corrected chi connectivity index (χ2v) is 3.08. The molecule has 0 bridgehead atoms. The minimum Gasteiger partial charge on any atom is -0.481 e. The fraction of sp³-hybridized carbons (Fsp3) is 0.222. The molecule has 0 heterocycles. The molecule has 1 aromatic carbocycles. The third-order valence-corrected chi connectivity index (χ3v) is 1.92. The highest BCUT2D eigenvalue weighted by molar-refractivity contribution is 5.67. The number of carboxylic acid groups (broad SMARTS) is 1. The van der Waals surface area contributed by atoms with E-state index in [1.807, 2.05) is 0 Å². The van der Waals surface area contributed by atoms with E-state index in [-0.39, 0.29) is 5.56 Å². The minimum absolute atomic E-state index is 0.00417. The SMILES string of the molecule is O=C(O)C[C@H](O)c1ccc(F)c([N+](=O)[O-])c1. The molecule has 0 spiro atoms. The summed E-state index contributed by atoms with van der Waals surface area (Å²) < 4.78 is 12.9. The lowest BCUT2D eigenvalue weighted by Crippen LogP contribution is -2.06. The van der Waals surface area contributed by atoms with Gasteiger partial charge in [0.25, 0.3) is 0 Å². The maximum atomic E-state index is 12.9. The second kappa shape index (κ2) is 4.67. The van der Waals surface area contributed by atoms with Crippen molar-refractivity contribution in [3.8, 4) is 0 Å². The lowest BCUT2D eigenvalue weighted by atomic mass is 10.1. The maximum absolute atomic E-state index is 12.9. The summed E-state index contributed by atoms with van der Waals surface area (Å²) in [5.41, 5.74) is -0.794. The smallest absolute Gasteiger partial charge is 0.306 e. The quantitative estimate of drug-likeness (QED) is 0.597. The second-order valence-electron chi connectivity index (χ2n) is 3.08. The Hall–Kier alpha value is -2.02. The molecule has 0 aliphatic rings. The maximum Gasteiger partial charge on any atom is 0.306 e. The Morgan fingerprint density at radius 1 is 1.56 bits per heavy atom. The zero-order valence-corrected chi connectivity index (χ0v) is 7.96. The number of benzene rings is 1. The first-order chi connectivity index (χ1) is 7.41. The van der Waals surface area contributed by atoms with Crippen LogP contribution in [0.3, 0.4) is 0 Å². The van der Waals surface area contributed by atoms with Crippen LogP contribution in [-0.2, 0) is 4.79 Å². The zero-order chi connectivity index (χ0) is 12.3. The third kappa shape index (κ3) is 2.74. The van der Waals surface area contributed by atoms with Gasteiger partial charge in [0.1, 0.15) is 0 Å². The highest BCUT2D eigenvalue weighted by Gasteiger charge is 2.19. The molecule has 7 heteroatoms. The van der Waals surface area contributed by atoms with Crippen molar-refractivity contribution in [2.45, 2.75) is 12.5 Å². The molecule has 0 saturated carbocycles. The molecule has 86 valence electrons. The first-order valence-electron chi connectivity index (χ1n) is 4.25. The van der Waals surface area contributed by atoms with Gasteiger partial charge in [-0.2, -0.15) is 4.39 Å². The third-order valence-electron chi connectivity index (χ3n) is 1.92. The topological polar surface area (TPSA) is 101 Å². The van der Waals surface area contributed by atoms with E-state index in [2.05, 4.69) is 0 Å². The number of hydrogen-bond acceptors (Lipinski definition) is 4. The van der Waals surface area contributed by atoms with Crippen molar-refractivity contribution in [1.82, 2.24) is 0 Å². The van der Waals surface area contributed by atoms with Gasteiger partial charge in [-0.3, -0.25) is 14.9 Å². The molecule has 1 aromatic rings. The normalized spacial score (nSPS) is 12.1. The van der Waals surface area contributed by atoms with Crippen molar-refractivity contribution >= 4 is 11.7 Å². The fourth-order valence-electron chi connectivity index (χ4n) is 1.16. The van der Waals surface area contributed by atoms with E-state index in [0.717, 1.165) is 18.2 Å². The molecule has 0 unspecified atom stereocenters. The number of aliphatic carboxylic acids is 1. The fourth-order valence-corrected chi connectivity index (χ4v) is 1.16. The number of nitro groups is 1. The largest absolute Gasteiger partial charge is 0.481 e. The van der Waals surface area contributed by atoms with E-state index in [9.17, 15) is 24.4 Å². The summed E-state index contributed by atoms with van der Waals surface area (Å²) >= 11 is 0. The number of aliphatic hydroxyl groups excluding tert-OH is 1. The van der Waals surface area contributed by atoms with Crippen LogP contribution in [0.4, 0.5) is 10.1 Å². The van der Waals surface area contributed by atoms with Crippen LogP contribution in [0.25, 0.3) is 0 Å². The summed E-state index contributed by atoms with van der Waals surface area (Å²) in [6.07, 6.45) is -1.99. The average Bonchev–Trinajstić information content (AvgIpc) is 2.16. The summed E-state index contributed by atoms with van der Waals surface area (Å²) in [5.74, 6) is -2.28. The van der Waals surface area contributed by atoms with Gasteiger partial charge in [0.15, 0.2) is 0 Å². The van der Waals surface area contributed by atoms with Crippen LogP contribution in [0.2, 0.25) is 0 Å². The highest BCUT2D eigenvalue weighted by Crippen LogP contribution is 2.24. The van der Waals surface area contributed by atoms with Crippen molar-refractivity contribution in [2.75, 3.05) is 0 Å². The Morgan fingerprint density at radius 3 is 2.69 bits per heavy atom. The van der Waals surface area contributed by atoms with Crippen LogP contribution >= 0.6 is 0 Å². The molecule has 1 rings (SSSR count). The van der Waals surface area contributed by atoms with Crippen LogP contribution in [0.5, 0.6) is 0 Å². The predicted octanol–water partition coefficient (Wildman–Crippen LogP) is 1.24. The van der Waals surface area contributed by atoms with E-state index >= 15 is 0 Å². The van der Waals surface area contributed by atoms with E-state index in [1.54, 1.807) is 0 Å². The number of carboxylic acids is 1. The first-order valence-corrected chi connectivity index (χ1v) is 4.25. The molecule has 0 fully saturated rings. The number of aliphatic hydroxyl groups is 1. The zero-order valence-electron chi connectivity index (χ0n) is 7.96. The molecule has 0 aliphatic carbocycles. The molecular formula is C9H8FNO5. The van der Waals surface area contributed by atoms with Gasteiger partial charge in [0.05, 0.1) is 17.4 Å². The first kappa shape index (κ1) is 12.1. The summed E-state index contributed by atoms with van der Waals surface area (Å²) in [5, 5.41) is 28.2. The molecule has 0 radical (unpaired) electrons. The summed E-state index contributed by atoms with van der Waals surface area (Å²) in [6.45, 7) is 0. The number of carbonyl (C=O) groups is 1. The van der Waals surface area contributed by atoms with Crippen LogP contribution in [0, 0.1) is 15.9 Å².